The van der Waals surface area contributed by atoms with Crippen LogP contribution in [-0.4, -0.2) is 59.4 Å². The van der Waals surface area contributed by atoms with Gasteiger partial charge < -0.3 is 15.1 Å². The molecular formula is C20H31N5O. The first-order valence-electron chi connectivity index (χ1n) is 10.2. The van der Waals surface area contributed by atoms with Crippen LogP contribution in [0.1, 0.15) is 61.5 Å². The topological polar surface area (TPSA) is 61.4 Å². The Morgan fingerprint density at radius 3 is 2.65 bits per heavy atom. The van der Waals surface area contributed by atoms with Crippen LogP contribution in [0.4, 0.5) is 5.82 Å². The zero-order valence-corrected chi connectivity index (χ0v) is 16.1. The molecule has 1 saturated carbocycles. The van der Waals surface area contributed by atoms with E-state index >= 15 is 0 Å². The summed E-state index contributed by atoms with van der Waals surface area (Å²) in [6.07, 6.45) is 7.73. The van der Waals surface area contributed by atoms with Crippen molar-refractivity contribution in [2.75, 3.05) is 39.0 Å². The number of carbonyl (C=O) groups excluding carboxylic acids is 1. The van der Waals surface area contributed by atoms with Gasteiger partial charge in [-0.25, -0.2) is 9.97 Å². The van der Waals surface area contributed by atoms with Crippen LogP contribution in [0.3, 0.4) is 0 Å². The summed E-state index contributed by atoms with van der Waals surface area (Å²) in [5.74, 6) is 2.90. The Bertz CT molecular complexity index is 670. The molecule has 26 heavy (non-hydrogen) atoms. The van der Waals surface area contributed by atoms with Crippen LogP contribution in [0.25, 0.3) is 0 Å². The Labute approximate surface area is 156 Å². The zero-order chi connectivity index (χ0) is 18.1. The van der Waals surface area contributed by atoms with Crippen LogP contribution in [0.5, 0.6) is 0 Å². The molecule has 3 heterocycles. The summed E-state index contributed by atoms with van der Waals surface area (Å²) in [6, 6.07) is 0. The summed E-state index contributed by atoms with van der Waals surface area (Å²) in [5.41, 5.74) is 2.26. The minimum absolute atomic E-state index is 0.244. The molecule has 142 valence electrons. The zero-order valence-electron chi connectivity index (χ0n) is 16.1. The summed E-state index contributed by atoms with van der Waals surface area (Å²) in [7, 11) is 4.11. The van der Waals surface area contributed by atoms with Gasteiger partial charge in [-0.15, -0.1) is 0 Å². The third-order valence-corrected chi connectivity index (χ3v) is 6.32. The number of nitrogens with zero attached hydrogens (tertiary/aromatic N) is 4. The lowest BCUT2D eigenvalue weighted by molar-refractivity contribution is -0.136. The van der Waals surface area contributed by atoms with Gasteiger partial charge in [0.2, 0.25) is 5.91 Å². The molecule has 3 aliphatic rings. The molecule has 1 saturated heterocycles. The molecule has 2 fully saturated rings. The fourth-order valence-electron chi connectivity index (χ4n) is 4.84. The van der Waals surface area contributed by atoms with E-state index in [0.29, 0.717) is 18.4 Å². The molecule has 0 spiro atoms. The Balaban J connectivity index is 1.58. The van der Waals surface area contributed by atoms with Crippen LogP contribution < -0.4 is 5.32 Å². The van der Waals surface area contributed by atoms with Gasteiger partial charge in [0.05, 0.1) is 12.2 Å². The first-order valence-corrected chi connectivity index (χ1v) is 10.2. The van der Waals surface area contributed by atoms with E-state index in [1.54, 1.807) is 0 Å². The number of anilines is 1. The Morgan fingerprint density at radius 2 is 1.92 bits per heavy atom. The molecule has 0 radical (unpaired) electrons. The predicted octanol–water partition coefficient (Wildman–Crippen LogP) is 2.40. The van der Waals surface area contributed by atoms with Gasteiger partial charge in [-0.3, -0.25) is 4.79 Å². The molecule has 1 N–H and O–H groups in total. The molecule has 1 unspecified atom stereocenters. The van der Waals surface area contributed by atoms with E-state index < -0.39 is 0 Å². The molecule has 1 atom stereocenters. The van der Waals surface area contributed by atoms with Crippen molar-refractivity contribution in [3.8, 4) is 0 Å². The molecule has 0 aromatic carbocycles. The number of piperidine rings is 1. The maximum Gasteiger partial charge on any atom is 0.226 e. The molecule has 0 bridgehead atoms. The maximum absolute atomic E-state index is 12.9. The number of amides is 1. The van der Waals surface area contributed by atoms with Crippen molar-refractivity contribution in [1.82, 2.24) is 19.8 Å². The molecule has 6 heteroatoms. The van der Waals surface area contributed by atoms with Gasteiger partial charge in [0.1, 0.15) is 11.6 Å². The number of likely N-dealkylation sites (N-methyl/N-ethyl adjacent to an activating group) is 1. The monoisotopic (exact) mass is 357 g/mol. The predicted molar refractivity (Wildman–Crippen MR) is 102 cm³/mol. The quantitative estimate of drug-likeness (QED) is 0.900. The number of fused-ring (bicyclic) bond motifs is 1. The summed E-state index contributed by atoms with van der Waals surface area (Å²) < 4.78 is 0. The van der Waals surface area contributed by atoms with Crippen molar-refractivity contribution >= 4 is 11.7 Å². The van der Waals surface area contributed by atoms with Crippen molar-refractivity contribution in [1.29, 1.82) is 0 Å². The van der Waals surface area contributed by atoms with Crippen molar-refractivity contribution in [3.63, 3.8) is 0 Å². The fraction of sp³-hybridized carbons (Fsp3) is 0.750. The van der Waals surface area contributed by atoms with Gasteiger partial charge in [0, 0.05) is 37.5 Å². The van der Waals surface area contributed by atoms with Gasteiger partial charge in [0.15, 0.2) is 0 Å². The summed E-state index contributed by atoms with van der Waals surface area (Å²) >= 11 is 0. The fourth-order valence-corrected chi connectivity index (χ4v) is 4.84. The maximum atomic E-state index is 12.9. The minimum atomic E-state index is 0.244. The third-order valence-electron chi connectivity index (χ3n) is 6.32. The average Bonchev–Trinajstić information content (AvgIpc) is 3.20. The second-order valence-electron chi connectivity index (χ2n) is 8.20. The number of hydrogen-bond acceptors (Lipinski definition) is 5. The standard InChI is InChI=1S/C20H31N5O/c1-21-19-16-9-11-25(20(26)14-6-3-4-7-14)13-17(16)22-18(23-19)15-8-5-10-24(2)12-15/h14-15H,3-13H2,1-2H3,(H,21,22,23). The minimum Gasteiger partial charge on any atom is -0.373 e. The number of likely N-dealkylation sites (tertiary alicyclic amines) is 1. The van der Waals surface area contributed by atoms with Crippen molar-refractivity contribution in [2.24, 2.45) is 5.92 Å². The van der Waals surface area contributed by atoms with Gasteiger partial charge in [-0.2, -0.15) is 0 Å². The van der Waals surface area contributed by atoms with Crippen LogP contribution in [0.2, 0.25) is 0 Å². The normalized spacial score (nSPS) is 24.5. The van der Waals surface area contributed by atoms with E-state index in [-0.39, 0.29) is 5.92 Å². The van der Waals surface area contributed by atoms with Crippen LogP contribution in [0, 0.1) is 5.92 Å². The highest BCUT2D eigenvalue weighted by molar-refractivity contribution is 5.79. The molecule has 1 aromatic heterocycles. The van der Waals surface area contributed by atoms with Crippen molar-refractivity contribution in [2.45, 2.75) is 57.4 Å². The molecule has 1 aliphatic carbocycles. The Morgan fingerprint density at radius 1 is 1.12 bits per heavy atom. The lowest BCUT2D eigenvalue weighted by Crippen LogP contribution is -2.40. The molecule has 1 aromatic rings. The third kappa shape index (κ3) is 3.43. The highest BCUT2D eigenvalue weighted by atomic mass is 16.2. The van der Waals surface area contributed by atoms with Crippen molar-refractivity contribution < 1.29 is 4.79 Å². The number of carbonyl (C=O) groups is 1. The first-order chi connectivity index (χ1) is 12.7. The molecule has 4 rings (SSSR count). The average molecular weight is 358 g/mol. The summed E-state index contributed by atoms with van der Waals surface area (Å²) in [5, 5.41) is 3.28. The second-order valence-corrected chi connectivity index (χ2v) is 8.20. The van der Waals surface area contributed by atoms with Gasteiger partial charge in [-0.05, 0) is 45.7 Å². The molecule has 1 amide bonds. The Kier molecular flexibility index (Phi) is 5.11. The lowest BCUT2D eigenvalue weighted by atomic mass is 9.96. The van der Waals surface area contributed by atoms with E-state index in [4.69, 9.17) is 9.97 Å². The highest BCUT2D eigenvalue weighted by Crippen LogP contribution is 2.32. The summed E-state index contributed by atoms with van der Waals surface area (Å²) in [4.78, 5) is 27.1. The van der Waals surface area contributed by atoms with Gasteiger partial charge >= 0.3 is 0 Å². The molecule has 6 nitrogen and oxygen atoms in total. The number of nitrogens with one attached hydrogen (secondary N) is 1. The summed E-state index contributed by atoms with van der Waals surface area (Å²) in [6.45, 7) is 3.62. The second kappa shape index (κ2) is 7.51. The van der Waals surface area contributed by atoms with E-state index in [9.17, 15) is 4.79 Å². The number of rotatable bonds is 3. The smallest absolute Gasteiger partial charge is 0.226 e. The number of hydrogen-bond donors (Lipinski definition) is 1. The highest BCUT2D eigenvalue weighted by Gasteiger charge is 2.32. The molecule has 2 aliphatic heterocycles. The van der Waals surface area contributed by atoms with E-state index in [1.165, 1.54) is 24.8 Å². The SMILES string of the molecule is CNc1nc(C2CCCN(C)C2)nc2c1CCN(C(=O)C1CCCC1)C2. The van der Waals surface area contributed by atoms with Gasteiger partial charge in [-0.1, -0.05) is 12.8 Å². The van der Waals surface area contributed by atoms with E-state index in [2.05, 4.69) is 17.3 Å². The van der Waals surface area contributed by atoms with Crippen LogP contribution in [0.15, 0.2) is 0 Å². The Hall–Kier alpha value is -1.69. The lowest BCUT2D eigenvalue weighted by Gasteiger charge is -2.33. The molecular weight excluding hydrogens is 326 g/mol. The van der Waals surface area contributed by atoms with Crippen LogP contribution >= 0.6 is 0 Å². The first kappa shape index (κ1) is 17.7. The van der Waals surface area contributed by atoms with Crippen LogP contribution in [-0.2, 0) is 17.8 Å². The number of aromatic nitrogens is 2. The van der Waals surface area contributed by atoms with Crippen molar-refractivity contribution in [3.05, 3.63) is 17.1 Å². The van der Waals surface area contributed by atoms with E-state index in [0.717, 1.165) is 62.7 Å². The van der Waals surface area contributed by atoms with E-state index in [1.807, 2.05) is 11.9 Å². The largest absolute Gasteiger partial charge is 0.373 e. The van der Waals surface area contributed by atoms with Gasteiger partial charge in [0.25, 0.3) is 0 Å².